The molecule has 1 aliphatic rings. The molecule has 1 aliphatic heterocycles. The molecule has 5 heteroatoms. The summed E-state index contributed by atoms with van der Waals surface area (Å²) >= 11 is 3.86. The number of halogens is 1. The molecule has 2 rings (SSSR count). The first kappa shape index (κ1) is 11.8. The monoisotopic (exact) mass is 233 g/mol. The zero-order valence-electron chi connectivity index (χ0n) is 7.53. The molecule has 78 valence electrons. The van der Waals surface area contributed by atoms with E-state index in [-0.39, 0.29) is 16.9 Å². The average molecular weight is 234 g/mol. The van der Waals surface area contributed by atoms with Crippen LogP contribution in [0.4, 0.5) is 0 Å². The maximum absolute atomic E-state index is 9.00. The Kier molecular flexibility index (Phi) is 4.22. The molecule has 0 aromatic heterocycles. The highest BCUT2D eigenvalue weighted by molar-refractivity contribution is 7.73. The minimum absolute atomic E-state index is 0. The van der Waals surface area contributed by atoms with E-state index in [9.17, 15) is 0 Å². The Morgan fingerprint density at radius 2 is 2.07 bits per heavy atom. The fourth-order valence-electron chi connectivity index (χ4n) is 1.52. The molecule has 0 bridgehead atoms. The molecule has 1 unspecified atom stereocenters. The fourth-order valence-corrected chi connectivity index (χ4v) is 1.70. The summed E-state index contributed by atoms with van der Waals surface area (Å²) in [7, 11) is 0. The summed E-state index contributed by atoms with van der Waals surface area (Å²) in [5.74, 6) is 0. The second-order valence-corrected chi connectivity index (χ2v) is 3.71. The number of thiol groups is 1. The first-order chi connectivity index (χ1) is 6.25. The molecule has 1 aromatic carbocycles. The second-order valence-electron chi connectivity index (χ2n) is 3.19. The molecule has 14 heavy (non-hydrogen) atoms. The van der Waals surface area contributed by atoms with Crippen molar-refractivity contribution in [1.29, 1.82) is 0 Å². The number of quaternary nitrogens is 1. The number of nitrogens with one attached hydrogen (secondary N) is 1. The Bertz CT molecular complexity index is 320. The van der Waals surface area contributed by atoms with E-state index in [2.05, 4.69) is 18.9 Å². The van der Waals surface area contributed by atoms with Crippen LogP contribution < -0.4 is 16.9 Å². The first-order valence-electron chi connectivity index (χ1n) is 4.18. The number of fused-ring (bicyclic) bond motifs is 1. The van der Waals surface area contributed by atoms with Crippen molar-refractivity contribution in [1.82, 2.24) is 0 Å². The molecular weight excluding hydrogens is 222 g/mol. The molecule has 0 saturated carbocycles. The van der Waals surface area contributed by atoms with Gasteiger partial charge in [-0.1, -0.05) is 12.1 Å². The summed E-state index contributed by atoms with van der Waals surface area (Å²) in [5, 5.41) is 9.00. The minimum Gasteiger partial charge on any atom is -1.00 e. The van der Waals surface area contributed by atoms with Crippen LogP contribution in [0.25, 0.3) is 0 Å². The molecule has 0 spiro atoms. The highest BCUT2D eigenvalue weighted by atomic mass is 35.5. The smallest absolute Gasteiger partial charge is 0.144 e. The van der Waals surface area contributed by atoms with Gasteiger partial charge in [0, 0.05) is 5.56 Å². The number of hydroxylamine groups is 1. The van der Waals surface area contributed by atoms with Gasteiger partial charge in [-0.05, 0) is 17.2 Å². The van der Waals surface area contributed by atoms with Crippen molar-refractivity contribution in [3.8, 4) is 0 Å². The van der Waals surface area contributed by atoms with Gasteiger partial charge in [0.2, 0.25) is 0 Å². The van der Waals surface area contributed by atoms with Crippen LogP contribution in [0.3, 0.4) is 0 Å². The Hall–Kier alpha value is -0.260. The van der Waals surface area contributed by atoms with Crippen molar-refractivity contribution in [3.63, 3.8) is 0 Å². The van der Waals surface area contributed by atoms with Gasteiger partial charge < -0.3 is 17.1 Å². The molecule has 0 aliphatic carbocycles. The fraction of sp³-hybridized carbons (Fsp3) is 0.333. The highest BCUT2D eigenvalue weighted by Crippen LogP contribution is 2.20. The summed E-state index contributed by atoms with van der Waals surface area (Å²) in [6, 6.07) is 6.11. The van der Waals surface area contributed by atoms with Crippen LogP contribution in [0.5, 0.6) is 0 Å². The van der Waals surface area contributed by atoms with Crippen LogP contribution in [-0.4, -0.2) is 5.21 Å². The van der Waals surface area contributed by atoms with Gasteiger partial charge in [0.05, 0.1) is 26.0 Å². The molecule has 1 aromatic rings. The zero-order valence-corrected chi connectivity index (χ0v) is 9.18. The average Bonchev–Trinajstić information content (AvgIpc) is 2.49. The first-order valence-corrected chi connectivity index (χ1v) is 4.62. The number of hydrogen-bond donors (Lipinski definition) is 3. The van der Waals surface area contributed by atoms with Crippen LogP contribution in [0.15, 0.2) is 18.2 Å². The maximum Gasteiger partial charge on any atom is 0.144 e. The lowest BCUT2D eigenvalue weighted by Gasteiger charge is -2.03. The largest absolute Gasteiger partial charge is 1.00 e. The van der Waals surface area contributed by atoms with Gasteiger partial charge in [-0.2, -0.15) is 0 Å². The van der Waals surface area contributed by atoms with Gasteiger partial charge in [-0.3, -0.25) is 0 Å². The Morgan fingerprint density at radius 3 is 2.79 bits per heavy atom. The van der Waals surface area contributed by atoms with Crippen LogP contribution in [0, 0.1) is 0 Å². The molecular formula is C9H12ClNO2S. The molecule has 1 heterocycles. The van der Waals surface area contributed by atoms with Crippen molar-refractivity contribution in [2.24, 2.45) is 0 Å². The lowest BCUT2D eigenvalue weighted by molar-refractivity contribution is -0.980. The predicted octanol–water partition coefficient (Wildman–Crippen LogP) is -2.66. The third-order valence-corrected chi connectivity index (χ3v) is 2.31. The van der Waals surface area contributed by atoms with Crippen LogP contribution in [0.1, 0.15) is 16.7 Å². The molecule has 0 amide bonds. The number of ether oxygens (including phenoxy) is 1. The number of benzene rings is 1. The van der Waals surface area contributed by atoms with E-state index in [1.807, 2.05) is 12.1 Å². The maximum atomic E-state index is 9.00. The SMILES string of the molecule is O[NH+](S)Cc1ccc2c(c1)COC2.[Cl-]. The van der Waals surface area contributed by atoms with Crippen molar-refractivity contribution in [3.05, 3.63) is 34.9 Å². The van der Waals surface area contributed by atoms with Gasteiger partial charge in [0.1, 0.15) is 6.54 Å². The van der Waals surface area contributed by atoms with Crippen molar-refractivity contribution >= 4 is 12.8 Å². The summed E-state index contributed by atoms with van der Waals surface area (Å²) in [5.41, 5.74) is 3.56. The van der Waals surface area contributed by atoms with Gasteiger partial charge in [-0.15, -0.1) is 4.47 Å². The van der Waals surface area contributed by atoms with E-state index in [0.717, 1.165) is 5.56 Å². The van der Waals surface area contributed by atoms with Gasteiger partial charge in [0.15, 0.2) is 0 Å². The van der Waals surface area contributed by atoms with E-state index >= 15 is 0 Å². The standard InChI is InChI=1S/C9H11NO2S.ClH/c11-10(13)4-7-1-2-8-5-12-6-9(8)3-7;/h1-3,11,13H,4-6H2;1H. The molecule has 2 N–H and O–H groups in total. The Balaban J connectivity index is 0.000000980. The molecule has 0 saturated heterocycles. The molecule has 0 radical (unpaired) electrons. The summed E-state index contributed by atoms with van der Waals surface area (Å²) in [4.78, 5) is 0. The summed E-state index contributed by atoms with van der Waals surface area (Å²) in [6.45, 7) is 1.92. The number of hydrogen-bond acceptors (Lipinski definition) is 3. The molecule has 0 fully saturated rings. The van der Waals surface area contributed by atoms with E-state index in [4.69, 9.17) is 9.94 Å². The second kappa shape index (κ2) is 5.00. The van der Waals surface area contributed by atoms with Gasteiger partial charge >= 0.3 is 0 Å². The normalized spacial score (nSPS) is 15.9. The van der Waals surface area contributed by atoms with E-state index in [0.29, 0.717) is 19.8 Å². The minimum atomic E-state index is 0. The Labute approximate surface area is 94.6 Å². The lowest BCUT2D eigenvalue weighted by Crippen LogP contribution is -3.00. The lowest BCUT2D eigenvalue weighted by atomic mass is 10.1. The van der Waals surface area contributed by atoms with E-state index < -0.39 is 0 Å². The van der Waals surface area contributed by atoms with Crippen LogP contribution >= 0.6 is 12.8 Å². The summed E-state index contributed by atoms with van der Waals surface area (Å²) < 4.78 is 5.44. The van der Waals surface area contributed by atoms with E-state index in [1.54, 1.807) is 0 Å². The highest BCUT2D eigenvalue weighted by Gasteiger charge is 2.12. The third kappa shape index (κ3) is 2.62. The van der Waals surface area contributed by atoms with Gasteiger partial charge in [-0.25, -0.2) is 5.21 Å². The summed E-state index contributed by atoms with van der Waals surface area (Å²) in [6.07, 6.45) is 0. The quantitative estimate of drug-likeness (QED) is 0.385. The van der Waals surface area contributed by atoms with E-state index in [1.165, 1.54) is 11.1 Å². The van der Waals surface area contributed by atoms with Crippen LogP contribution in [0.2, 0.25) is 0 Å². The van der Waals surface area contributed by atoms with Crippen molar-refractivity contribution < 1.29 is 26.8 Å². The van der Waals surface area contributed by atoms with Gasteiger partial charge in [0.25, 0.3) is 0 Å². The van der Waals surface area contributed by atoms with Crippen molar-refractivity contribution in [2.45, 2.75) is 19.8 Å². The predicted molar refractivity (Wildman–Crippen MR) is 50.4 cm³/mol. The molecule has 1 atom stereocenters. The third-order valence-electron chi connectivity index (χ3n) is 2.15. The molecule has 3 nitrogen and oxygen atoms in total. The van der Waals surface area contributed by atoms with Crippen LogP contribution in [-0.2, 0) is 24.5 Å². The zero-order chi connectivity index (χ0) is 9.26. The topological polar surface area (TPSA) is 33.9 Å². The van der Waals surface area contributed by atoms with Crippen molar-refractivity contribution in [2.75, 3.05) is 0 Å². The Morgan fingerprint density at radius 1 is 1.36 bits per heavy atom. The number of rotatable bonds is 2.